The van der Waals surface area contributed by atoms with Crippen molar-refractivity contribution in [3.05, 3.63) is 47.2 Å². The lowest BCUT2D eigenvalue weighted by atomic mass is 9.95. The van der Waals surface area contributed by atoms with E-state index in [4.69, 9.17) is 4.98 Å². The van der Waals surface area contributed by atoms with Crippen molar-refractivity contribution in [2.75, 3.05) is 10.2 Å². The van der Waals surface area contributed by atoms with Gasteiger partial charge in [-0.1, -0.05) is 24.3 Å². The molecule has 2 aromatic rings. The summed E-state index contributed by atoms with van der Waals surface area (Å²) < 4.78 is 0. The third kappa shape index (κ3) is 2.65. The molecule has 0 radical (unpaired) electrons. The Morgan fingerprint density at radius 1 is 1.14 bits per heavy atom. The summed E-state index contributed by atoms with van der Waals surface area (Å²) in [6.45, 7) is 5.25. The first-order valence-corrected chi connectivity index (χ1v) is 8.15. The molecule has 0 amide bonds. The first-order chi connectivity index (χ1) is 10.7. The normalized spacial score (nSPS) is 20.6. The molecule has 0 bridgehead atoms. The van der Waals surface area contributed by atoms with Crippen molar-refractivity contribution < 1.29 is 0 Å². The van der Waals surface area contributed by atoms with E-state index >= 15 is 0 Å². The highest BCUT2D eigenvalue weighted by molar-refractivity contribution is 5.49. The molecule has 1 N–H and O–H groups in total. The van der Waals surface area contributed by atoms with Crippen molar-refractivity contribution in [3.8, 4) is 0 Å². The highest BCUT2D eigenvalue weighted by Gasteiger charge is 2.26. The van der Waals surface area contributed by atoms with Gasteiger partial charge in [0.2, 0.25) is 5.95 Å². The maximum absolute atomic E-state index is 4.76. The van der Waals surface area contributed by atoms with Crippen molar-refractivity contribution in [2.45, 2.75) is 51.7 Å². The minimum atomic E-state index is 0.456. The average molecular weight is 294 g/mol. The molecule has 1 aliphatic heterocycles. The summed E-state index contributed by atoms with van der Waals surface area (Å²) in [5, 5.41) is 3.42. The zero-order valence-electron chi connectivity index (χ0n) is 13.2. The van der Waals surface area contributed by atoms with E-state index in [-0.39, 0.29) is 0 Å². The van der Waals surface area contributed by atoms with Gasteiger partial charge in [0.1, 0.15) is 5.82 Å². The molecule has 4 nitrogen and oxygen atoms in total. The minimum Gasteiger partial charge on any atom is -0.351 e. The van der Waals surface area contributed by atoms with E-state index in [1.807, 2.05) is 6.92 Å². The van der Waals surface area contributed by atoms with Gasteiger partial charge < -0.3 is 10.2 Å². The lowest BCUT2D eigenvalue weighted by molar-refractivity contribution is 0.586. The molecule has 114 valence electrons. The maximum Gasteiger partial charge on any atom is 0.225 e. The molecule has 0 unspecified atom stereocenters. The molecule has 1 aromatic carbocycles. The van der Waals surface area contributed by atoms with Crippen LogP contribution in [0.15, 0.2) is 30.3 Å². The summed E-state index contributed by atoms with van der Waals surface area (Å²) in [4.78, 5) is 11.7. The van der Waals surface area contributed by atoms with Gasteiger partial charge in [0.25, 0.3) is 0 Å². The van der Waals surface area contributed by atoms with E-state index in [1.165, 1.54) is 24.0 Å². The molecule has 1 saturated carbocycles. The number of anilines is 2. The van der Waals surface area contributed by atoms with E-state index < -0.39 is 0 Å². The van der Waals surface area contributed by atoms with Gasteiger partial charge in [-0.25, -0.2) is 4.98 Å². The van der Waals surface area contributed by atoms with Gasteiger partial charge in [-0.3, -0.25) is 0 Å². The number of fused-ring (bicyclic) bond motifs is 1. The first kappa shape index (κ1) is 13.6. The third-order valence-electron chi connectivity index (χ3n) is 4.55. The summed E-state index contributed by atoms with van der Waals surface area (Å²) in [7, 11) is 0. The molecule has 0 spiro atoms. The number of aryl methyl sites for hydroxylation is 1. The second-order valence-electron chi connectivity index (χ2n) is 6.56. The van der Waals surface area contributed by atoms with E-state index in [1.54, 1.807) is 0 Å². The van der Waals surface area contributed by atoms with E-state index in [0.717, 1.165) is 30.4 Å². The van der Waals surface area contributed by atoms with E-state index in [0.29, 0.717) is 12.1 Å². The molecule has 2 heterocycles. The number of nitrogens with one attached hydrogen (secondary N) is 1. The fourth-order valence-electron chi connectivity index (χ4n) is 3.16. The molecular weight excluding hydrogens is 272 g/mol. The Kier molecular flexibility index (Phi) is 3.25. The number of nitrogens with zero attached hydrogens (tertiary/aromatic N) is 3. The number of aromatic nitrogens is 2. The smallest absolute Gasteiger partial charge is 0.225 e. The standard InChI is InChI=1S/C18H22N4/c1-12-9-17(21-18(19-12)20-16-7-8-16)22-11-15-6-4-3-5-14(15)10-13(22)2/h3-6,9,13,16H,7-8,10-11H2,1-2H3,(H,19,20,21)/t13-/m0/s1. The van der Waals surface area contributed by atoms with Gasteiger partial charge in [-0.2, -0.15) is 4.98 Å². The quantitative estimate of drug-likeness (QED) is 0.943. The monoisotopic (exact) mass is 294 g/mol. The zero-order valence-corrected chi connectivity index (χ0v) is 13.2. The highest BCUT2D eigenvalue weighted by Crippen LogP contribution is 2.29. The number of benzene rings is 1. The lowest BCUT2D eigenvalue weighted by Gasteiger charge is -2.36. The Bertz CT molecular complexity index is 693. The fourth-order valence-corrected chi connectivity index (χ4v) is 3.16. The van der Waals surface area contributed by atoms with Crippen molar-refractivity contribution in [2.24, 2.45) is 0 Å². The summed E-state index contributed by atoms with van der Waals surface area (Å²) >= 11 is 0. The van der Waals surface area contributed by atoms with Gasteiger partial charge in [-0.15, -0.1) is 0 Å². The van der Waals surface area contributed by atoms with Crippen LogP contribution >= 0.6 is 0 Å². The van der Waals surface area contributed by atoms with E-state index in [2.05, 4.69) is 52.5 Å². The Hall–Kier alpha value is -2.10. The summed E-state index contributed by atoms with van der Waals surface area (Å²) in [6, 6.07) is 11.9. The topological polar surface area (TPSA) is 41.1 Å². The molecule has 2 aliphatic rings. The average Bonchev–Trinajstić information content (AvgIpc) is 3.30. The van der Waals surface area contributed by atoms with Gasteiger partial charge in [0.05, 0.1) is 0 Å². The Labute approximate surface area is 131 Å². The summed E-state index contributed by atoms with van der Waals surface area (Å²) in [5.74, 6) is 1.82. The molecule has 1 atom stereocenters. The largest absolute Gasteiger partial charge is 0.351 e. The van der Waals surface area contributed by atoms with Crippen LogP contribution in [0.4, 0.5) is 11.8 Å². The molecule has 1 fully saturated rings. The summed E-state index contributed by atoms with van der Waals surface area (Å²) in [6.07, 6.45) is 3.55. The number of hydrogen-bond acceptors (Lipinski definition) is 4. The van der Waals surface area contributed by atoms with Crippen molar-refractivity contribution in [3.63, 3.8) is 0 Å². The highest BCUT2D eigenvalue weighted by atomic mass is 15.3. The van der Waals surface area contributed by atoms with Crippen molar-refractivity contribution in [1.29, 1.82) is 0 Å². The Morgan fingerprint density at radius 2 is 1.91 bits per heavy atom. The van der Waals surface area contributed by atoms with Crippen LogP contribution in [0.1, 0.15) is 36.6 Å². The maximum atomic E-state index is 4.76. The van der Waals surface area contributed by atoms with Crippen LogP contribution in [0, 0.1) is 6.92 Å². The predicted octanol–water partition coefficient (Wildman–Crippen LogP) is 3.31. The molecule has 1 aromatic heterocycles. The number of rotatable bonds is 3. The molecular formula is C18H22N4. The van der Waals surface area contributed by atoms with Crippen LogP contribution in [-0.4, -0.2) is 22.1 Å². The lowest BCUT2D eigenvalue weighted by Crippen LogP contribution is -2.39. The minimum absolute atomic E-state index is 0.456. The molecule has 1 aliphatic carbocycles. The molecule has 0 saturated heterocycles. The predicted molar refractivity (Wildman–Crippen MR) is 89.2 cm³/mol. The zero-order chi connectivity index (χ0) is 15.1. The van der Waals surface area contributed by atoms with Crippen LogP contribution in [0.5, 0.6) is 0 Å². The second kappa shape index (κ2) is 5.27. The van der Waals surface area contributed by atoms with Gasteiger partial charge in [0, 0.05) is 30.4 Å². The first-order valence-electron chi connectivity index (χ1n) is 8.15. The third-order valence-corrected chi connectivity index (χ3v) is 4.55. The van der Waals surface area contributed by atoms with Crippen LogP contribution in [-0.2, 0) is 13.0 Å². The second-order valence-corrected chi connectivity index (χ2v) is 6.56. The van der Waals surface area contributed by atoms with Crippen LogP contribution in [0.3, 0.4) is 0 Å². The fraction of sp³-hybridized carbons (Fsp3) is 0.444. The summed E-state index contributed by atoms with van der Waals surface area (Å²) in [5.41, 5.74) is 3.90. The van der Waals surface area contributed by atoms with Crippen LogP contribution in [0.2, 0.25) is 0 Å². The van der Waals surface area contributed by atoms with Gasteiger partial charge in [-0.05, 0) is 44.2 Å². The van der Waals surface area contributed by atoms with Crippen LogP contribution in [0.25, 0.3) is 0 Å². The van der Waals surface area contributed by atoms with Gasteiger partial charge >= 0.3 is 0 Å². The SMILES string of the molecule is Cc1cc(N2Cc3ccccc3C[C@@H]2C)nc(NC2CC2)n1. The van der Waals surface area contributed by atoms with Crippen LogP contribution < -0.4 is 10.2 Å². The van der Waals surface area contributed by atoms with Crippen molar-refractivity contribution >= 4 is 11.8 Å². The van der Waals surface area contributed by atoms with Crippen molar-refractivity contribution in [1.82, 2.24) is 9.97 Å². The Morgan fingerprint density at radius 3 is 2.68 bits per heavy atom. The van der Waals surface area contributed by atoms with Gasteiger partial charge in [0.15, 0.2) is 0 Å². The number of hydrogen-bond donors (Lipinski definition) is 1. The molecule has 22 heavy (non-hydrogen) atoms. The van der Waals surface area contributed by atoms with E-state index in [9.17, 15) is 0 Å². The molecule has 4 rings (SSSR count). The molecule has 4 heteroatoms. The Balaban J connectivity index is 1.64.